The molecule has 6 nitrogen and oxygen atoms in total. The third-order valence-corrected chi connectivity index (χ3v) is 5.54. The van der Waals surface area contributed by atoms with Gasteiger partial charge in [0.2, 0.25) is 0 Å². The smallest absolute Gasteiger partial charge is 0.306 e. The second-order valence-corrected chi connectivity index (χ2v) is 7.69. The molecule has 1 aliphatic heterocycles. The Hall–Kier alpha value is -2.86. The van der Waals surface area contributed by atoms with Crippen LogP contribution in [0.5, 0.6) is 0 Å². The minimum Gasteiger partial charge on any atom is -0.456 e. The Morgan fingerprint density at radius 1 is 1.00 bits per heavy atom. The Bertz CT molecular complexity index is 815. The van der Waals surface area contributed by atoms with E-state index in [1.807, 2.05) is 61.5 Å². The molecule has 0 spiro atoms. The number of anilines is 2. The summed E-state index contributed by atoms with van der Waals surface area (Å²) in [5, 5.41) is 2.79. The third-order valence-electron chi connectivity index (χ3n) is 5.54. The van der Waals surface area contributed by atoms with Gasteiger partial charge in [0.05, 0.1) is 6.42 Å². The molecule has 1 unspecified atom stereocenters. The molecule has 1 atom stereocenters. The number of carbonyl (C=O) groups is 2. The van der Waals surface area contributed by atoms with Gasteiger partial charge in [-0.2, -0.15) is 0 Å². The molecular weight excluding hydrogens is 378 g/mol. The van der Waals surface area contributed by atoms with E-state index in [0.717, 1.165) is 44.0 Å². The molecule has 2 aromatic rings. The summed E-state index contributed by atoms with van der Waals surface area (Å²) in [6, 6.07) is 17.6. The fraction of sp³-hybridized carbons (Fsp3) is 0.417. The van der Waals surface area contributed by atoms with E-state index in [4.69, 9.17) is 4.74 Å². The summed E-state index contributed by atoms with van der Waals surface area (Å²) in [6.45, 7) is 9.14. The van der Waals surface area contributed by atoms with E-state index < -0.39 is 0 Å². The molecule has 1 amide bonds. The molecule has 1 saturated heterocycles. The number of piperazine rings is 1. The number of nitrogens with one attached hydrogen (secondary N) is 1. The Labute approximate surface area is 178 Å². The van der Waals surface area contributed by atoms with Crippen LogP contribution in [0.25, 0.3) is 0 Å². The highest BCUT2D eigenvalue weighted by Crippen LogP contribution is 2.20. The minimum absolute atomic E-state index is 0.0495. The Balaban J connectivity index is 1.41. The summed E-state index contributed by atoms with van der Waals surface area (Å²) in [5.41, 5.74) is 2.94. The lowest BCUT2D eigenvalue weighted by molar-refractivity contribution is -0.147. The number of benzene rings is 2. The lowest BCUT2D eigenvalue weighted by atomic mass is 9.98. The van der Waals surface area contributed by atoms with Gasteiger partial charge in [-0.05, 0) is 42.3 Å². The quantitative estimate of drug-likeness (QED) is 0.676. The summed E-state index contributed by atoms with van der Waals surface area (Å²) in [7, 11) is 0. The summed E-state index contributed by atoms with van der Waals surface area (Å²) >= 11 is 0. The van der Waals surface area contributed by atoms with Gasteiger partial charge in [0.15, 0.2) is 6.61 Å². The lowest BCUT2D eigenvalue weighted by Crippen LogP contribution is -2.46. The van der Waals surface area contributed by atoms with Crippen LogP contribution in [0.4, 0.5) is 11.4 Å². The van der Waals surface area contributed by atoms with Crippen LogP contribution in [0, 0.1) is 0 Å². The fourth-order valence-corrected chi connectivity index (χ4v) is 3.63. The highest BCUT2D eigenvalue weighted by Gasteiger charge is 2.16. The van der Waals surface area contributed by atoms with Gasteiger partial charge in [-0.15, -0.1) is 0 Å². The Kier molecular flexibility index (Phi) is 7.85. The minimum atomic E-state index is -0.372. The fourth-order valence-electron chi connectivity index (χ4n) is 3.63. The van der Waals surface area contributed by atoms with Crippen molar-refractivity contribution in [3.8, 4) is 0 Å². The zero-order valence-corrected chi connectivity index (χ0v) is 17.8. The molecule has 30 heavy (non-hydrogen) atoms. The van der Waals surface area contributed by atoms with E-state index in [0.29, 0.717) is 5.69 Å². The van der Waals surface area contributed by atoms with Crippen molar-refractivity contribution in [2.45, 2.75) is 26.2 Å². The third kappa shape index (κ3) is 6.32. The van der Waals surface area contributed by atoms with Crippen molar-refractivity contribution >= 4 is 23.3 Å². The van der Waals surface area contributed by atoms with Crippen molar-refractivity contribution in [2.75, 3.05) is 49.5 Å². The Morgan fingerprint density at radius 3 is 2.30 bits per heavy atom. The van der Waals surface area contributed by atoms with Gasteiger partial charge in [0.1, 0.15) is 0 Å². The van der Waals surface area contributed by atoms with Gasteiger partial charge >= 0.3 is 5.97 Å². The molecule has 1 fully saturated rings. The van der Waals surface area contributed by atoms with E-state index in [1.54, 1.807) is 0 Å². The van der Waals surface area contributed by atoms with Gasteiger partial charge in [-0.3, -0.25) is 9.59 Å². The van der Waals surface area contributed by atoms with Crippen LogP contribution in [0.15, 0.2) is 54.6 Å². The summed E-state index contributed by atoms with van der Waals surface area (Å²) in [5.74, 6) is -0.656. The SMILES string of the molecule is CCN1CCN(c2ccc(NC(=O)COC(=O)CC(C)c3ccccc3)cc2)CC1. The first kappa shape index (κ1) is 21.8. The molecule has 0 radical (unpaired) electrons. The molecule has 0 aliphatic carbocycles. The van der Waals surface area contributed by atoms with Crippen LogP contribution in [0.1, 0.15) is 31.7 Å². The zero-order chi connectivity index (χ0) is 21.3. The number of amides is 1. The van der Waals surface area contributed by atoms with Gasteiger partial charge in [0.25, 0.3) is 5.91 Å². The number of nitrogens with zero attached hydrogens (tertiary/aromatic N) is 2. The summed E-state index contributed by atoms with van der Waals surface area (Å²) in [6.07, 6.45) is 0.247. The predicted molar refractivity (Wildman–Crippen MR) is 120 cm³/mol. The van der Waals surface area contributed by atoms with E-state index in [9.17, 15) is 9.59 Å². The van der Waals surface area contributed by atoms with E-state index in [-0.39, 0.29) is 30.8 Å². The number of carbonyl (C=O) groups excluding carboxylic acids is 2. The van der Waals surface area contributed by atoms with Gasteiger partial charge in [0, 0.05) is 37.6 Å². The lowest BCUT2D eigenvalue weighted by Gasteiger charge is -2.35. The number of esters is 1. The highest BCUT2D eigenvalue weighted by molar-refractivity contribution is 5.93. The average Bonchev–Trinajstić information content (AvgIpc) is 2.79. The van der Waals surface area contributed by atoms with Crippen molar-refractivity contribution in [2.24, 2.45) is 0 Å². The van der Waals surface area contributed by atoms with Crippen molar-refractivity contribution in [3.63, 3.8) is 0 Å². The zero-order valence-electron chi connectivity index (χ0n) is 17.8. The molecule has 1 N–H and O–H groups in total. The van der Waals surface area contributed by atoms with Crippen LogP contribution in [-0.4, -0.2) is 56.1 Å². The molecule has 0 saturated carbocycles. The molecule has 0 bridgehead atoms. The van der Waals surface area contributed by atoms with Crippen LogP contribution in [0.3, 0.4) is 0 Å². The van der Waals surface area contributed by atoms with Crippen LogP contribution in [-0.2, 0) is 14.3 Å². The maximum atomic E-state index is 12.1. The standard InChI is InChI=1S/C24H31N3O3/c1-3-26-13-15-27(16-14-26)22-11-9-21(10-12-22)25-23(28)18-30-24(29)17-19(2)20-7-5-4-6-8-20/h4-12,19H,3,13-18H2,1-2H3,(H,25,28). The van der Waals surface area contributed by atoms with E-state index in [2.05, 4.69) is 22.0 Å². The second kappa shape index (κ2) is 10.8. The number of hydrogen-bond donors (Lipinski definition) is 1. The van der Waals surface area contributed by atoms with Crippen LogP contribution in [0.2, 0.25) is 0 Å². The normalized spacial score (nSPS) is 15.5. The van der Waals surface area contributed by atoms with E-state index >= 15 is 0 Å². The second-order valence-electron chi connectivity index (χ2n) is 7.69. The van der Waals surface area contributed by atoms with Crippen LogP contribution >= 0.6 is 0 Å². The molecule has 3 rings (SSSR count). The van der Waals surface area contributed by atoms with Gasteiger partial charge in [-0.1, -0.05) is 44.2 Å². The molecule has 160 valence electrons. The highest BCUT2D eigenvalue weighted by atomic mass is 16.5. The topological polar surface area (TPSA) is 61.9 Å². The average molecular weight is 410 g/mol. The van der Waals surface area contributed by atoms with Gasteiger partial charge in [-0.25, -0.2) is 0 Å². The summed E-state index contributed by atoms with van der Waals surface area (Å²) in [4.78, 5) is 29.0. The van der Waals surface area contributed by atoms with E-state index in [1.165, 1.54) is 0 Å². The summed E-state index contributed by atoms with van der Waals surface area (Å²) < 4.78 is 5.14. The number of likely N-dealkylation sites (N-methyl/N-ethyl adjacent to an activating group) is 1. The largest absolute Gasteiger partial charge is 0.456 e. The van der Waals surface area contributed by atoms with Gasteiger partial charge < -0.3 is 19.9 Å². The van der Waals surface area contributed by atoms with Crippen LogP contribution < -0.4 is 10.2 Å². The molecule has 0 aromatic heterocycles. The Morgan fingerprint density at radius 2 is 1.67 bits per heavy atom. The molecule has 1 aliphatic rings. The first-order valence-corrected chi connectivity index (χ1v) is 10.6. The molecule has 2 aromatic carbocycles. The number of hydrogen-bond acceptors (Lipinski definition) is 5. The van der Waals surface area contributed by atoms with Crippen molar-refractivity contribution in [3.05, 3.63) is 60.2 Å². The first-order valence-electron chi connectivity index (χ1n) is 10.6. The molecule has 6 heteroatoms. The first-order chi connectivity index (χ1) is 14.5. The number of ether oxygens (including phenoxy) is 1. The monoisotopic (exact) mass is 409 g/mol. The van der Waals surface area contributed by atoms with Crippen molar-refractivity contribution in [1.29, 1.82) is 0 Å². The number of rotatable bonds is 8. The maximum Gasteiger partial charge on any atom is 0.306 e. The maximum absolute atomic E-state index is 12.1. The van der Waals surface area contributed by atoms with Crippen molar-refractivity contribution in [1.82, 2.24) is 4.90 Å². The predicted octanol–water partition coefficient (Wildman–Crippen LogP) is 3.50. The molecular formula is C24H31N3O3. The van der Waals surface area contributed by atoms with Crippen molar-refractivity contribution < 1.29 is 14.3 Å². The molecule has 1 heterocycles.